The topological polar surface area (TPSA) is 177 Å². The van der Waals surface area contributed by atoms with Crippen molar-refractivity contribution >= 4 is 35.5 Å². The first-order chi connectivity index (χ1) is 23.7. The average Bonchev–Trinajstić information content (AvgIpc) is 3.79. The summed E-state index contributed by atoms with van der Waals surface area (Å²) in [4.78, 5) is 80.1. The van der Waals surface area contributed by atoms with Gasteiger partial charge in [0.15, 0.2) is 0 Å². The molecule has 4 unspecified atom stereocenters. The number of amides is 5. The Labute approximate surface area is 297 Å². The number of primary amides is 1. The Kier molecular flexibility index (Phi) is 16.1. The van der Waals surface area contributed by atoms with Gasteiger partial charge in [0.25, 0.3) is 5.91 Å². The summed E-state index contributed by atoms with van der Waals surface area (Å²) in [7, 11) is 0. The van der Waals surface area contributed by atoms with E-state index in [0.29, 0.717) is 32.1 Å². The molecule has 12 heteroatoms. The Balaban J connectivity index is 0.00000209. The van der Waals surface area contributed by atoms with Crippen molar-refractivity contribution in [1.82, 2.24) is 20.9 Å². The van der Waals surface area contributed by atoms with Gasteiger partial charge in [0, 0.05) is 6.54 Å². The molecule has 0 radical (unpaired) electrons. The average molecular weight is 698 g/mol. The van der Waals surface area contributed by atoms with Gasteiger partial charge in [-0.3, -0.25) is 19.2 Å². The number of carbonyl (C=O) groups is 6. The molecule has 2 aliphatic carbocycles. The maximum Gasteiger partial charge on any atom is 0.332 e. The van der Waals surface area contributed by atoms with Gasteiger partial charge < -0.3 is 31.3 Å². The number of Topliss-reactive ketones (excluding diaryl/α,β-unsaturated/α-hetero) is 1. The molecular weight excluding hydrogens is 638 g/mol. The van der Waals surface area contributed by atoms with Crippen molar-refractivity contribution in [1.29, 1.82) is 0 Å². The van der Waals surface area contributed by atoms with Crippen LogP contribution in [0.4, 0.5) is 4.79 Å². The number of esters is 1. The summed E-state index contributed by atoms with van der Waals surface area (Å²) in [5.41, 5.74) is 4.08. The van der Waals surface area contributed by atoms with E-state index in [1.54, 1.807) is 6.92 Å². The molecule has 1 aliphatic heterocycles. The lowest BCUT2D eigenvalue weighted by Crippen LogP contribution is -2.64. The van der Waals surface area contributed by atoms with Gasteiger partial charge in [-0.15, -0.1) is 13.2 Å². The van der Waals surface area contributed by atoms with Crippen LogP contribution in [0.1, 0.15) is 117 Å². The van der Waals surface area contributed by atoms with Crippen LogP contribution in [0.15, 0.2) is 43.5 Å². The largest absolute Gasteiger partial charge is 0.456 e. The number of likely N-dealkylation sites (tertiary alicyclic amines) is 1. The number of carbonyl (C=O) groups excluding carboxylic acids is 6. The summed E-state index contributed by atoms with van der Waals surface area (Å²) in [6.45, 7) is 17.5. The Morgan fingerprint density at radius 3 is 2.08 bits per heavy atom. The highest BCUT2D eigenvalue weighted by atomic mass is 16.5. The molecule has 0 spiro atoms. The summed E-state index contributed by atoms with van der Waals surface area (Å²) in [5, 5.41) is 8.38. The minimum atomic E-state index is -1.24. The minimum Gasteiger partial charge on any atom is -0.456 e. The van der Waals surface area contributed by atoms with Gasteiger partial charge in [0.1, 0.15) is 23.7 Å². The lowest BCUT2D eigenvalue weighted by Gasteiger charge is -2.39. The Morgan fingerprint density at radius 2 is 1.54 bits per heavy atom. The quantitative estimate of drug-likeness (QED) is 0.137. The van der Waals surface area contributed by atoms with E-state index in [-0.39, 0.29) is 12.5 Å². The number of nitrogens with two attached hydrogens (primary N) is 1. The maximum absolute atomic E-state index is 14.0. The fourth-order valence-electron chi connectivity index (χ4n) is 6.46. The smallest absolute Gasteiger partial charge is 0.332 e. The van der Waals surface area contributed by atoms with Gasteiger partial charge in [-0.05, 0) is 55.9 Å². The van der Waals surface area contributed by atoms with E-state index < -0.39 is 70.7 Å². The third-order valence-electron chi connectivity index (χ3n) is 9.37. The molecule has 2 saturated carbocycles. The van der Waals surface area contributed by atoms with Gasteiger partial charge in [-0.1, -0.05) is 97.1 Å². The molecule has 3 fully saturated rings. The monoisotopic (exact) mass is 697 g/mol. The molecule has 50 heavy (non-hydrogen) atoms. The van der Waals surface area contributed by atoms with Crippen LogP contribution in [0.5, 0.6) is 0 Å². The Hall–Kier alpha value is -4.22. The zero-order valence-electron chi connectivity index (χ0n) is 30.8. The first-order valence-corrected chi connectivity index (χ1v) is 18.0. The van der Waals surface area contributed by atoms with Crippen LogP contribution in [-0.4, -0.2) is 70.6 Å². The molecule has 5 amide bonds. The van der Waals surface area contributed by atoms with Crippen molar-refractivity contribution in [2.24, 2.45) is 17.1 Å². The van der Waals surface area contributed by atoms with E-state index in [0.717, 1.165) is 37.7 Å². The van der Waals surface area contributed by atoms with Crippen molar-refractivity contribution < 1.29 is 33.5 Å². The molecule has 1 aromatic carbocycles. The van der Waals surface area contributed by atoms with Crippen LogP contribution in [0.2, 0.25) is 0 Å². The van der Waals surface area contributed by atoms with Crippen molar-refractivity contribution in [3.8, 4) is 0 Å². The molecule has 5 N–H and O–H groups in total. The first kappa shape index (κ1) is 41.9. The normalized spacial score (nSPS) is 19.8. The van der Waals surface area contributed by atoms with Gasteiger partial charge >= 0.3 is 12.0 Å². The molecule has 12 nitrogen and oxygen atoms in total. The predicted octanol–water partition coefficient (Wildman–Crippen LogP) is 4.87. The van der Waals surface area contributed by atoms with Crippen LogP contribution < -0.4 is 21.7 Å². The van der Waals surface area contributed by atoms with Crippen LogP contribution in [0.25, 0.3) is 0 Å². The van der Waals surface area contributed by atoms with E-state index in [1.165, 1.54) is 4.90 Å². The van der Waals surface area contributed by atoms with Crippen molar-refractivity contribution in [2.45, 2.75) is 136 Å². The van der Waals surface area contributed by atoms with E-state index in [9.17, 15) is 28.8 Å². The van der Waals surface area contributed by atoms with Gasteiger partial charge in [-0.2, -0.15) is 0 Å². The standard InChI is InChI=1S/C34H49N5O7.C2H6.C2H4/c1-21(23-12-7-5-8-13-23)46-31(44)34(17-9-6-10-18-34)38-32(45)37-27(33(2,3)4)30(43)39-19-11-14-25(39)29(42)36-24(20-22-15-16-22)26(40)28(35)41;2*1-2/h5,7-8,12-13,21-22,24-25,27H,6,9-11,14-20H2,1-4H3,(H2,35,41)(H,36,42)(H2,37,38,45);1-2H3;1-2H2. The lowest BCUT2D eigenvalue weighted by molar-refractivity contribution is -0.158. The minimum absolute atomic E-state index is 0.245. The maximum atomic E-state index is 14.0. The van der Waals surface area contributed by atoms with Crippen molar-refractivity contribution in [2.75, 3.05) is 6.54 Å². The number of hydrogen-bond acceptors (Lipinski definition) is 7. The van der Waals surface area contributed by atoms with E-state index >= 15 is 0 Å². The molecule has 4 atom stereocenters. The van der Waals surface area contributed by atoms with Gasteiger partial charge in [0.05, 0.1) is 6.04 Å². The SMILES string of the molecule is C=C.CC.CC(OC(=O)C1(NC(=O)NC(C(=O)N2CCCC2C(=O)NC(CC2CC2)C(=O)C(N)=O)C(C)(C)C)CCCCC1)c1ccccc1. The van der Waals surface area contributed by atoms with Crippen LogP contribution in [0.3, 0.4) is 0 Å². The third-order valence-corrected chi connectivity index (χ3v) is 9.37. The first-order valence-electron chi connectivity index (χ1n) is 18.0. The summed E-state index contributed by atoms with van der Waals surface area (Å²) < 4.78 is 5.86. The number of rotatable bonds is 12. The molecule has 1 aromatic rings. The molecule has 4 rings (SSSR count). The Morgan fingerprint density at radius 1 is 0.940 bits per heavy atom. The molecule has 278 valence electrons. The molecule has 3 aliphatic rings. The number of urea groups is 1. The predicted molar refractivity (Wildman–Crippen MR) is 192 cm³/mol. The number of hydrogen-bond donors (Lipinski definition) is 4. The summed E-state index contributed by atoms with van der Waals surface area (Å²) in [6.07, 6.45) is 5.80. The second-order valence-electron chi connectivity index (χ2n) is 14.2. The van der Waals surface area contributed by atoms with Crippen LogP contribution >= 0.6 is 0 Å². The molecule has 1 saturated heterocycles. The highest BCUT2D eigenvalue weighted by molar-refractivity contribution is 6.37. The number of ketones is 1. The van der Waals surface area contributed by atoms with E-state index in [1.807, 2.05) is 65.0 Å². The summed E-state index contributed by atoms with van der Waals surface area (Å²) in [5.74, 6) is -3.20. The van der Waals surface area contributed by atoms with Crippen molar-refractivity contribution in [3.05, 3.63) is 49.1 Å². The highest BCUT2D eigenvalue weighted by Gasteiger charge is 2.46. The Bertz CT molecular complexity index is 1320. The third kappa shape index (κ3) is 11.4. The van der Waals surface area contributed by atoms with Crippen LogP contribution in [0, 0.1) is 11.3 Å². The number of ether oxygens (including phenoxy) is 1. The second-order valence-corrected chi connectivity index (χ2v) is 14.2. The zero-order chi connectivity index (χ0) is 37.6. The number of nitrogens with one attached hydrogen (secondary N) is 3. The fraction of sp³-hybridized carbons (Fsp3) is 0.632. The highest BCUT2D eigenvalue weighted by Crippen LogP contribution is 2.34. The van der Waals surface area contributed by atoms with Crippen LogP contribution in [-0.2, 0) is 28.7 Å². The molecule has 0 bridgehead atoms. The van der Waals surface area contributed by atoms with Crippen molar-refractivity contribution in [3.63, 3.8) is 0 Å². The summed E-state index contributed by atoms with van der Waals surface area (Å²) >= 11 is 0. The van der Waals surface area contributed by atoms with Gasteiger partial charge in [0.2, 0.25) is 17.6 Å². The molecule has 0 aromatic heterocycles. The number of nitrogens with zero attached hydrogens (tertiary/aromatic N) is 1. The molecule has 1 heterocycles. The van der Waals surface area contributed by atoms with E-state index in [2.05, 4.69) is 29.1 Å². The zero-order valence-corrected chi connectivity index (χ0v) is 30.8. The lowest BCUT2D eigenvalue weighted by atomic mass is 9.81. The number of benzene rings is 1. The van der Waals surface area contributed by atoms with E-state index in [4.69, 9.17) is 10.5 Å². The molecular formula is C38H59N5O7. The fourth-order valence-corrected chi connectivity index (χ4v) is 6.46. The van der Waals surface area contributed by atoms with Gasteiger partial charge in [-0.25, -0.2) is 9.59 Å². The second kappa shape index (κ2) is 19.2. The summed E-state index contributed by atoms with van der Waals surface area (Å²) in [6, 6.07) is 5.76.